The first-order chi connectivity index (χ1) is 9.16. The van der Waals surface area contributed by atoms with E-state index in [2.05, 4.69) is 10.6 Å². The van der Waals surface area contributed by atoms with E-state index in [9.17, 15) is 9.18 Å². The lowest BCUT2D eigenvalue weighted by atomic mass is 10.3. The van der Waals surface area contributed by atoms with Gasteiger partial charge in [0.2, 0.25) is 5.91 Å². The van der Waals surface area contributed by atoms with Crippen molar-refractivity contribution in [1.82, 2.24) is 0 Å². The quantitative estimate of drug-likeness (QED) is 0.898. The Balaban J connectivity index is 1.95. The van der Waals surface area contributed by atoms with E-state index >= 15 is 0 Å². The number of anilines is 2. The van der Waals surface area contributed by atoms with Gasteiger partial charge in [-0.15, -0.1) is 0 Å². The highest BCUT2D eigenvalue weighted by Crippen LogP contribution is 2.24. The van der Waals surface area contributed by atoms with Crippen LogP contribution in [0, 0.1) is 5.82 Å². The molecular formula is C14H12ClFN2O. The smallest absolute Gasteiger partial charge is 0.243 e. The van der Waals surface area contributed by atoms with E-state index in [0.717, 1.165) is 5.69 Å². The van der Waals surface area contributed by atoms with Crippen molar-refractivity contribution >= 4 is 28.9 Å². The van der Waals surface area contributed by atoms with Gasteiger partial charge in [0.05, 0.1) is 17.3 Å². The first-order valence-electron chi connectivity index (χ1n) is 5.69. The van der Waals surface area contributed by atoms with E-state index in [4.69, 9.17) is 11.6 Å². The van der Waals surface area contributed by atoms with Gasteiger partial charge in [0.15, 0.2) is 0 Å². The molecule has 0 unspecified atom stereocenters. The Bertz CT molecular complexity index is 555. The summed E-state index contributed by atoms with van der Waals surface area (Å²) in [5.41, 5.74) is 0.821. The molecule has 5 heteroatoms. The van der Waals surface area contributed by atoms with Crippen LogP contribution in [0.25, 0.3) is 0 Å². The number of para-hydroxylation sites is 2. The fourth-order valence-corrected chi connectivity index (χ4v) is 1.75. The molecule has 0 aromatic heterocycles. The number of amides is 1. The minimum atomic E-state index is -0.555. The Morgan fingerprint density at radius 1 is 1.11 bits per heavy atom. The molecule has 2 aromatic carbocycles. The van der Waals surface area contributed by atoms with Crippen molar-refractivity contribution in [3.8, 4) is 0 Å². The van der Waals surface area contributed by atoms with E-state index in [1.807, 2.05) is 30.3 Å². The lowest BCUT2D eigenvalue weighted by Gasteiger charge is -2.09. The summed E-state index contributed by atoms with van der Waals surface area (Å²) in [6.07, 6.45) is 0. The zero-order valence-corrected chi connectivity index (χ0v) is 10.7. The highest BCUT2D eigenvalue weighted by atomic mass is 35.5. The Morgan fingerprint density at radius 2 is 1.84 bits per heavy atom. The molecule has 0 heterocycles. The second kappa shape index (κ2) is 6.20. The van der Waals surface area contributed by atoms with E-state index in [1.165, 1.54) is 18.2 Å². The second-order valence-corrected chi connectivity index (χ2v) is 4.27. The zero-order valence-electron chi connectivity index (χ0n) is 9.99. The van der Waals surface area contributed by atoms with Gasteiger partial charge in [-0.25, -0.2) is 4.39 Å². The molecule has 2 aromatic rings. The average Bonchev–Trinajstić information content (AvgIpc) is 2.42. The molecule has 0 saturated heterocycles. The summed E-state index contributed by atoms with van der Waals surface area (Å²) in [7, 11) is 0. The van der Waals surface area contributed by atoms with Gasteiger partial charge in [-0.05, 0) is 24.3 Å². The minimum absolute atomic E-state index is 0.00373. The van der Waals surface area contributed by atoms with Crippen LogP contribution in [0.4, 0.5) is 15.8 Å². The van der Waals surface area contributed by atoms with Crippen molar-refractivity contribution in [1.29, 1.82) is 0 Å². The molecule has 0 atom stereocenters. The van der Waals surface area contributed by atoms with Crippen molar-refractivity contribution in [3.63, 3.8) is 0 Å². The van der Waals surface area contributed by atoms with Gasteiger partial charge >= 0.3 is 0 Å². The fraction of sp³-hybridized carbons (Fsp3) is 0.0714. The Morgan fingerprint density at radius 3 is 2.53 bits per heavy atom. The maximum absolute atomic E-state index is 13.5. The fourth-order valence-electron chi connectivity index (χ4n) is 1.54. The largest absolute Gasteiger partial charge is 0.376 e. The Hall–Kier alpha value is -2.07. The summed E-state index contributed by atoms with van der Waals surface area (Å²) >= 11 is 5.82. The van der Waals surface area contributed by atoms with Crippen molar-refractivity contribution < 1.29 is 9.18 Å². The molecule has 0 radical (unpaired) electrons. The molecule has 1 amide bonds. The van der Waals surface area contributed by atoms with Gasteiger partial charge in [-0.3, -0.25) is 4.79 Å². The molecule has 0 aliphatic carbocycles. The monoisotopic (exact) mass is 278 g/mol. The van der Waals surface area contributed by atoms with Gasteiger partial charge < -0.3 is 10.6 Å². The summed E-state index contributed by atoms with van der Waals surface area (Å²) in [4.78, 5) is 11.7. The molecule has 3 nitrogen and oxygen atoms in total. The maximum atomic E-state index is 13.5. The summed E-state index contributed by atoms with van der Waals surface area (Å²) < 4.78 is 13.5. The molecule has 19 heavy (non-hydrogen) atoms. The number of nitrogens with one attached hydrogen (secondary N) is 2. The van der Waals surface area contributed by atoms with Crippen molar-refractivity contribution in [2.45, 2.75) is 0 Å². The van der Waals surface area contributed by atoms with Crippen LogP contribution in [-0.4, -0.2) is 12.5 Å². The summed E-state index contributed by atoms with van der Waals surface area (Å²) in [5.74, 6) is -0.920. The Labute approximate surface area is 115 Å². The van der Waals surface area contributed by atoms with Gasteiger partial charge in [0.1, 0.15) is 5.82 Å². The number of hydrogen-bond donors (Lipinski definition) is 2. The number of carbonyl (C=O) groups is 1. The summed E-state index contributed by atoms with van der Waals surface area (Å²) in [5, 5.41) is 5.54. The van der Waals surface area contributed by atoms with Gasteiger partial charge in [0.25, 0.3) is 0 Å². The van der Waals surface area contributed by atoms with Crippen LogP contribution in [0.1, 0.15) is 0 Å². The number of rotatable bonds is 4. The van der Waals surface area contributed by atoms with Gasteiger partial charge in [0, 0.05) is 5.69 Å². The van der Waals surface area contributed by atoms with E-state index in [1.54, 1.807) is 0 Å². The summed E-state index contributed by atoms with van der Waals surface area (Å²) in [6.45, 7) is 0.0364. The molecule has 0 aliphatic rings. The van der Waals surface area contributed by atoms with Gasteiger partial charge in [-0.2, -0.15) is 0 Å². The highest BCUT2D eigenvalue weighted by Gasteiger charge is 2.10. The molecule has 2 N–H and O–H groups in total. The van der Waals surface area contributed by atoms with Gasteiger partial charge in [-0.1, -0.05) is 35.9 Å². The number of carbonyl (C=O) groups excluding carboxylic acids is 1. The van der Waals surface area contributed by atoms with Crippen LogP contribution >= 0.6 is 11.6 Å². The third-order valence-electron chi connectivity index (χ3n) is 2.45. The van der Waals surface area contributed by atoms with E-state index < -0.39 is 5.82 Å². The lowest BCUT2D eigenvalue weighted by Crippen LogP contribution is -2.22. The molecule has 0 spiro atoms. The second-order valence-electron chi connectivity index (χ2n) is 3.86. The molecule has 0 bridgehead atoms. The number of halogens is 2. The summed E-state index contributed by atoms with van der Waals surface area (Å²) in [6, 6.07) is 13.5. The maximum Gasteiger partial charge on any atom is 0.243 e. The third kappa shape index (κ3) is 3.69. The van der Waals surface area contributed by atoms with Crippen LogP contribution in [0.5, 0.6) is 0 Å². The predicted molar refractivity (Wildman–Crippen MR) is 75.0 cm³/mol. The van der Waals surface area contributed by atoms with Crippen LogP contribution in [0.2, 0.25) is 5.02 Å². The molecular weight excluding hydrogens is 267 g/mol. The first kappa shape index (κ1) is 13.4. The zero-order chi connectivity index (χ0) is 13.7. The molecule has 98 valence electrons. The highest BCUT2D eigenvalue weighted by molar-refractivity contribution is 6.33. The standard InChI is InChI=1S/C14H12ClFN2O/c15-11-7-4-8-12(16)14(11)18-13(19)9-17-10-5-2-1-3-6-10/h1-8,17H,9H2,(H,18,19). The van der Waals surface area contributed by atoms with E-state index in [0.29, 0.717) is 0 Å². The molecule has 0 fully saturated rings. The SMILES string of the molecule is O=C(CNc1ccccc1)Nc1c(F)cccc1Cl. The Kier molecular flexibility index (Phi) is 4.36. The third-order valence-corrected chi connectivity index (χ3v) is 2.77. The van der Waals surface area contributed by atoms with Crippen molar-refractivity contribution in [2.75, 3.05) is 17.2 Å². The number of benzene rings is 2. The molecule has 0 saturated carbocycles. The van der Waals surface area contributed by atoms with Crippen LogP contribution in [0.15, 0.2) is 48.5 Å². The van der Waals surface area contributed by atoms with Crippen molar-refractivity contribution in [2.24, 2.45) is 0 Å². The lowest BCUT2D eigenvalue weighted by molar-refractivity contribution is -0.114. The molecule has 2 rings (SSSR count). The first-order valence-corrected chi connectivity index (χ1v) is 6.07. The van der Waals surface area contributed by atoms with Crippen LogP contribution in [0.3, 0.4) is 0 Å². The normalized spacial score (nSPS) is 10.0. The minimum Gasteiger partial charge on any atom is -0.376 e. The van der Waals surface area contributed by atoms with Crippen molar-refractivity contribution in [3.05, 3.63) is 59.4 Å². The topological polar surface area (TPSA) is 41.1 Å². The van der Waals surface area contributed by atoms with Crippen LogP contribution < -0.4 is 10.6 Å². The van der Waals surface area contributed by atoms with E-state index in [-0.39, 0.29) is 23.2 Å². The average molecular weight is 279 g/mol. The molecule has 0 aliphatic heterocycles. The van der Waals surface area contributed by atoms with Crippen LogP contribution in [-0.2, 0) is 4.79 Å². The predicted octanol–water partition coefficient (Wildman–Crippen LogP) is 3.53. The number of hydrogen-bond acceptors (Lipinski definition) is 2.